The Morgan fingerprint density at radius 3 is 2.95 bits per heavy atom. The summed E-state index contributed by atoms with van der Waals surface area (Å²) in [4.78, 5) is 33.5. The summed E-state index contributed by atoms with van der Waals surface area (Å²) < 4.78 is 2.10. The van der Waals surface area contributed by atoms with E-state index in [0.717, 1.165) is 91.2 Å². The zero-order valence-electron chi connectivity index (χ0n) is 21.0. The zero-order valence-corrected chi connectivity index (χ0v) is 21.8. The molecule has 1 atom stereocenters. The fraction of sp³-hybridized carbons (Fsp3) is 0.370. The maximum atomic E-state index is 13.5. The molecule has 0 unspecified atom stereocenters. The lowest BCUT2D eigenvalue weighted by Crippen LogP contribution is -2.51. The van der Waals surface area contributed by atoms with Gasteiger partial charge in [-0.05, 0) is 43.0 Å². The molecule has 4 aromatic heterocycles. The van der Waals surface area contributed by atoms with Gasteiger partial charge in [0.15, 0.2) is 0 Å². The topological polar surface area (TPSA) is 108 Å². The first-order valence-corrected chi connectivity index (χ1v) is 14.0. The van der Waals surface area contributed by atoms with Crippen LogP contribution in [0.15, 0.2) is 49.4 Å². The van der Waals surface area contributed by atoms with Gasteiger partial charge in [-0.15, -0.1) is 11.3 Å². The standard InChI is InChI=1S/C27H29N9OS/c37-27(36-11-9-34(10-12-36)7-8-35-6-5-28-17-35)18-1-3-21-23(14-18)38-26-24(21)25(29-16-30-26)32-20-2-4-22-19(13-20)15-31-33-22/h2,4-6,13,15-18H,1,3,7-12,14H2,(H,31,33)(H,29,30,32)/t18-/m0/s1. The summed E-state index contributed by atoms with van der Waals surface area (Å²) in [5, 5.41) is 12.7. The second kappa shape index (κ2) is 9.80. The molecular weight excluding hydrogens is 498 g/mol. The van der Waals surface area contributed by atoms with Gasteiger partial charge in [-0.3, -0.25) is 14.8 Å². The van der Waals surface area contributed by atoms with Crippen LogP contribution in [0.2, 0.25) is 0 Å². The molecule has 10 nitrogen and oxygen atoms in total. The van der Waals surface area contributed by atoms with Crippen molar-refractivity contribution in [2.45, 2.75) is 25.8 Å². The number of amides is 1. The highest BCUT2D eigenvalue weighted by molar-refractivity contribution is 7.19. The maximum absolute atomic E-state index is 13.5. The molecule has 1 aliphatic carbocycles. The minimum absolute atomic E-state index is 0.0425. The molecule has 5 aromatic rings. The number of benzene rings is 1. The second-order valence-corrected chi connectivity index (χ2v) is 11.2. The Hall–Kier alpha value is -3.83. The summed E-state index contributed by atoms with van der Waals surface area (Å²) in [5.41, 5.74) is 3.26. The minimum Gasteiger partial charge on any atom is -0.340 e. The van der Waals surface area contributed by atoms with Crippen LogP contribution >= 0.6 is 11.3 Å². The van der Waals surface area contributed by atoms with Crippen molar-refractivity contribution in [1.29, 1.82) is 0 Å². The third-order valence-corrected chi connectivity index (χ3v) is 8.98. The number of nitrogens with one attached hydrogen (secondary N) is 2. The SMILES string of the molecule is O=C([C@H]1CCc2c(sc3ncnc(Nc4ccc5[nH]ncc5c4)c23)C1)N1CCN(CCn2ccnc2)CC1. The number of anilines is 2. The molecule has 194 valence electrons. The number of nitrogens with zero attached hydrogens (tertiary/aromatic N) is 7. The third-order valence-electron chi connectivity index (χ3n) is 7.82. The first-order chi connectivity index (χ1) is 18.7. The van der Waals surface area contributed by atoms with Crippen molar-refractivity contribution in [3.8, 4) is 0 Å². The summed E-state index contributed by atoms with van der Waals surface area (Å²) in [5.74, 6) is 1.17. The van der Waals surface area contributed by atoms with Crippen LogP contribution in [0, 0.1) is 5.92 Å². The molecule has 38 heavy (non-hydrogen) atoms. The fourth-order valence-electron chi connectivity index (χ4n) is 5.70. The summed E-state index contributed by atoms with van der Waals surface area (Å²) in [6.07, 6.45) is 11.6. The molecule has 0 saturated carbocycles. The van der Waals surface area contributed by atoms with E-state index in [-0.39, 0.29) is 5.92 Å². The highest BCUT2D eigenvalue weighted by atomic mass is 32.1. The molecule has 5 heterocycles. The van der Waals surface area contributed by atoms with Crippen molar-refractivity contribution < 1.29 is 4.79 Å². The molecule has 1 amide bonds. The molecule has 1 saturated heterocycles. The van der Waals surface area contributed by atoms with Gasteiger partial charge in [-0.1, -0.05) is 0 Å². The number of H-pyrrole nitrogens is 1. The third kappa shape index (κ3) is 4.41. The lowest BCUT2D eigenvalue weighted by Gasteiger charge is -2.37. The quantitative estimate of drug-likeness (QED) is 0.348. The Bertz CT molecular complexity index is 1580. The fourth-order valence-corrected chi connectivity index (χ4v) is 6.97. The highest BCUT2D eigenvalue weighted by Crippen LogP contribution is 2.41. The van der Waals surface area contributed by atoms with Crippen molar-refractivity contribution in [1.82, 2.24) is 39.5 Å². The van der Waals surface area contributed by atoms with Crippen molar-refractivity contribution in [3.05, 3.63) is 59.9 Å². The first kappa shape index (κ1) is 23.3. The van der Waals surface area contributed by atoms with Crippen LogP contribution in [-0.4, -0.2) is 78.1 Å². The normalized spacial score (nSPS) is 18.2. The van der Waals surface area contributed by atoms with Gasteiger partial charge in [0.25, 0.3) is 0 Å². The Morgan fingerprint density at radius 2 is 2.08 bits per heavy atom. The summed E-state index contributed by atoms with van der Waals surface area (Å²) in [6.45, 7) is 5.38. The van der Waals surface area contributed by atoms with Gasteiger partial charge >= 0.3 is 0 Å². The van der Waals surface area contributed by atoms with E-state index in [1.807, 2.05) is 37.1 Å². The van der Waals surface area contributed by atoms with Gasteiger partial charge < -0.3 is 14.8 Å². The second-order valence-electron chi connectivity index (χ2n) is 10.1. The molecule has 0 spiro atoms. The van der Waals surface area contributed by atoms with Crippen LogP contribution in [0.3, 0.4) is 0 Å². The smallest absolute Gasteiger partial charge is 0.226 e. The number of aromatic nitrogens is 6. The van der Waals surface area contributed by atoms with Gasteiger partial charge in [-0.2, -0.15) is 5.10 Å². The Kier molecular flexibility index (Phi) is 6.01. The van der Waals surface area contributed by atoms with Crippen LogP contribution in [0.25, 0.3) is 21.1 Å². The molecule has 11 heteroatoms. The highest BCUT2D eigenvalue weighted by Gasteiger charge is 2.32. The van der Waals surface area contributed by atoms with E-state index in [1.165, 1.54) is 10.4 Å². The molecule has 2 aliphatic rings. The van der Waals surface area contributed by atoms with Crippen LogP contribution in [0.5, 0.6) is 0 Å². The molecule has 1 aromatic carbocycles. The first-order valence-electron chi connectivity index (χ1n) is 13.1. The zero-order chi connectivity index (χ0) is 25.5. The number of carbonyl (C=O) groups is 1. The van der Waals surface area contributed by atoms with Crippen LogP contribution in [-0.2, 0) is 24.2 Å². The van der Waals surface area contributed by atoms with Crippen molar-refractivity contribution >= 4 is 49.9 Å². The average Bonchev–Trinajstić information content (AvgIpc) is 3.71. The van der Waals surface area contributed by atoms with Crippen LogP contribution < -0.4 is 5.32 Å². The number of hydrogen-bond acceptors (Lipinski definition) is 8. The van der Waals surface area contributed by atoms with E-state index in [0.29, 0.717) is 5.91 Å². The lowest BCUT2D eigenvalue weighted by atomic mass is 9.86. The molecule has 2 N–H and O–H groups in total. The number of imidazole rings is 1. The maximum Gasteiger partial charge on any atom is 0.226 e. The number of aromatic amines is 1. The number of rotatable bonds is 6. The van der Waals surface area contributed by atoms with Gasteiger partial charge in [0.1, 0.15) is 17.0 Å². The van der Waals surface area contributed by atoms with Crippen LogP contribution in [0.4, 0.5) is 11.5 Å². The molecule has 0 bridgehead atoms. The predicted molar refractivity (Wildman–Crippen MR) is 148 cm³/mol. The number of carbonyl (C=O) groups excluding carboxylic acids is 1. The number of hydrogen-bond donors (Lipinski definition) is 2. The van der Waals surface area contributed by atoms with Gasteiger partial charge in [0.05, 0.1) is 23.4 Å². The van der Waals surface area contributed by atoms with Crippen molar-refractivity contribution in [2.24, 2.45) is 5.92 Å². The van der Waals surface area contributed by atoms with Crippen molar-refractivity contribution in [3.63, 3.8) is 0 Å². The van der Waals surface area contributed by atoms with E-state index >= 15 is 0 Å². The summed E-state index contributed by atoms with van der Waals surface area (Å²) in [6, 6.07) is 6.11. The Labute approximate surface area is 223 Å². The van der Waals surface area contributed by atoms with E-state index in [1.54, 1.807) is 17.7 Å². The Morgan fingerprint density at radius 1 is 1.16 bits per heavy atom. The number of piperazine rings is 1. The predicted octanol–water partition coefficient (Wildman–Crippen LogP) is 3.46. The summed E-state index contributed by atoms with van der Waals surface area (Å²) in [7, 11) is 0. The number of fused-ring (bicyclic) bond motifs is 4. The molecule has 1 aliphatic heterocycles. The largest absolute Gasteiger partial charge is 0.340 e. The van der Waals surface area contributed by atoms with E-state index < -0.39 is 0 Å². The van der Waals surface area contributed by atoms with Gasteiger partial charge in [0.2, 0.25) is 5.91 Å². The van der Waals surface area contributed by atoms with E-state index in [2.05, 4.69) is 50.9 Å². The number of aryl methyl sites for hydroxylation is 1. The average molecular weight is 528 g/mol. The molecule has 1 fully saturated rings. The molecule has 0 radical (unpaired) electrons. The van der Waals surface area contributed by atoms with E-state index in [4.69, 9.17) is 0 Å². The molecule has 7 rings (SSSR count). The van der Waals surface area contributed by atoms with E-state index in [9.17, 15) is 4.79 Å². The Balaban J connectivity index is 1.03. The van der Waals surface area contributed by atoms with Gasteiger partial charge in [-0.25, -0.2) is 15.0 Å². The lowest BCUT2D eigenvalue weighted by molar-refractivity contribution is -0.137. The summed E-state index contributed by atoms with van der Waals surface area (Å²) >= 11 is 1.71. The van der Waals surface area contributed by atoms with Gasteiger partial charge in [0, 0.05) is 73.5 Å². The monoisotopic (exact) mass is 527 g/mol. The number of thiophene rings is 1. The molecular formula is C27H29N9OS. The van der Waals surface area contributed by atoms with Crippen molar-refractivity contribution in [2.75, 3.05) is 38.0 Å². The minimum atomic E-state index is 0.0425. The van der Waals surface area contributed by atoms with Crippen LogP contribution in [0.1, 0.15) is 16.9 Å².